The molecule has 0 aliphatic carbocycles. The second-order valence-electron chi connectivity index (χ2n) is 3.48. The second kappa shape index (κ2) is 4.08. The molecule has 5 heteroatoms. The zero-order chi connectivity index (χ0) is 11.6. The molecule has 1 N–H and O–H groups in total. The Morgan fingerprint density at radius 2 is 2.07 bits per heavy atom. The number of Topliss-reactive ketones (excluding diaryl/α,β-unsaturated/α-hetero) is 1. The predicted octanol–water partition coefficient (Wildman–Crippen LogP) is 2.14. The van der Waals surface area contributed by atoms with Gasteiger partial charge in [-0.1, -0.05) is 13.8 Å². The van der Waals surface area contributed by atoms with Crippen LogP contribution in [-0.4, -0.2) is 15.8 Å². The van der Waals surface area contributed by atoms with Gasteiger partial charge >= 0.3 is 0 Å². The smallest absolute Gasteiger partial charge is 0.270 e. The van der Waals surface area contributed by atoms with Gasteiger partial charge in [0.1, 0.15) is 5.75 Å². The van der Waals surface area contributed by atoms with Crippen LogP contribution in [0.25, 0.3) is 0 Å². The summed E-state index contributed by atoms with van der Waals surface area (Å²) >= 11 is 0. The fraction of sp³-hybridized carbons (Fsp3) is 0.300. The molecule has 1 rings (SSSR count). The van der Waals surface area contributed by atoms with Crippen molar-refractivity contribution in [3.63, 3.8) is 0 Å². The summed E-state index contributed by atoms with van der Waals surface area (Å²) in [6.45, 7) is 3.33. The van der Waals surface area contributed by atoms with Gasteiger partial charge in [0.05, 0.1) is 10.5 Å². The molecular formula is C10H11NO4. The highest BCUT2D eigenvalue weighted by molar-refractivity contribution is 6.00. The number of non-ortho nitro benzene ring substituents is 1. The Morgan fingerprint density at radius 3 is 2.53 bits per heavy atom. The average Bonchev–Trinajstić information content (AvgIpc) is 2.16. The number of phenols is 1. The Bertz CT molecular complexity index is 412. The molecule has 0 atom stereocenters. The molecule has 0 saturated heterocycles. The van der Waals surface area contributed by atoms with Crippen molar-refractivity contribution in [1.82, 2.24) is 0 Å². The lowest BCUT2D eigenvalue weighted by Gasteiger charge is -2.05. The van der Waals surface area contributed by atoms with E-state index in [-0.39, 0.29) is 28.7 Å². The third kappa shape index (κ3) is 2.31. The van der Waals surface area contributed by atoms with E-state index in [1.807, 2.05) is 0 Å². The Labute approximate surface area is 86.5 Å². The number of hydrogen-bond acceptors (Lipinski definition) is 4. The largest absolute Gasteiger partial charge is 0.507 e. The molecule has 0 radical (unpaired) electrons. The Morgan fingerprint density at radius 1 is 1.47 bits per heavy atom. The molecular weight excluding hydrogens is 198 g/mol. The number of aromatic hydroxyl groups is 1. The fourth-order valence-corrected chi connectivity index (χ4v) is 1.15. The van der Waals surface area contributed by atoms with E-state index in [4.69, 9.17) is 0 Å². The standard InChI is InChI=1S/C10H11NO4/c1-6(2)10(13)8-5-7(11(14)15)3-4-9(8)12/h3-6,12H,1-2H3. The van der Waals surface area contributed by atoms with Crippen LogP contribution in [0.3, 0.4) is 0 Å². The van der Waals surface area contributed by atoms with E-state index in [1.165, 1.54) is 0 Å². The summed E-state index contributed by atoms with van der Waals surface area (Å²) in [7, 11) is 0. The van der Waals surface area contributed by atoms with Gasteiger partial charge in [0.25, 0.3) is 5.69 Å². The monoisotopic (exact) mass is 209 g/mol. The Kier molecular flexibility index (Phi) is 3.04. The Hall–Kier alpha value is -1.91. The van der Waals surface area contributed by atoms with Crippen LogP contribution in [0, 0.1) is 16.0 Å². The summed E-state index contributed by atoms with van der Waals surface area (Å²) in [6.07, 6.45) is 0. The van der Waals surface area contributed by atoms with Gasteiger partial charge in [-0.15, -0.1) is 0 Å². The lowest BCUT2D eigenvalue weighted by Crippen LogP contribution is -2.08. The zero-order valence-electron chi connectivity index (χ0n) is 8.43. The van der Waals surface area contributed by atoms with E-state index >= 15 is 0 Å². The molecule has 80 valence electrons. The number of hydrogen-bond donors (Lipinski definition) is 1. The van der Waals surface area contributed by atoms with Crippen LogP contribution in [0.1, 0.15) is 24.2 Å². The topological polar surface area (TPSA) is 80.4 Å². The van der Waals surface area contributed by atoms with Gasteiger partial charge in [0.2, 0.25) is 0 Å². The molecule has 0 aliphatic rings. The van der Waals surface area contributed by atoms with Crippen molar-refractivity contribution in [3.05, 3.63) is 33.9 Å². The van der Waals surface area contributed by atoms with Gasteiger partial charge in [-0.2, -0.15) is 0 Å². The molecule has 0 aliphatic heterocycles. The summed E-state index contributed by atoms with van der Waals surface area (Å²) in [4.78, 5) is 21.4. The summed E-state index contributed by atoms with van der Waals surface area (Å²) in [5, 5.41) is 19.9. The summed E-state index contributed by atoms with van der Waals surface area (Å²) < 4.78 is 0. The van der Waals surface area contributed by atoms with E-state index in [1.54, 1.807) is 13.8 Å². The van der Waals surface area contributed by atoms with Crippen molar-refractivity contribution in [2.45, 2.75) is 13.8 Å². The maximum Gasteiger partial charge on any atom is 0.270 e. The van der Waals surface area contributed by atoms with Gasteiger partial charge in [0, 0.05) is 18.1 Å². The number of nitrogens with zero attached hydrogens (tertiary/aromatic N) is 1. The zero-order valence-corrected chi connectivity index (χ0v) is 8.43. The van der Waals surface area contributed by atoms with Gasteiger partial charge in [-0.3, -0.25) is 14.9 Å². The lowest BCUT2D eigenvalue weighted by molar-refractivity contribution is -0.384. The highest BCUT2D eigenvalue weighted by Crippen LogP contribution is 2.25. The molecule has 0 aromatic heterocycles. The summed E-state index contributed by atoms with van der Waals surface area (Å²) in [5.74, 6) is -0.839. The van der Waals surface area contributed by atoms with E-state index < -0.39 is 4.92 Å². The lowest BCUT2D eigenvalue weighted by atomic mass is 10.00. The molecule has 0 saturated carbocycles. The van der Waals surface area contributed by atoms with Gasteiger partial charge in [0.15, 0.2) is 5.78 Å². The highest BCUT2D eigenvalue weighted by Gasteiger charge is 2.18. The maximum atomic E-state index is 11.6. The fourth-order valence-electron chi connectivity index (χ4n) is 1.15. The van der Waals surface area contributed by atoms with Crippen LogP contribution in [-0.2, 0) is 0 Å². The van der Waals surface area contributed by atoms with Crippen molar-refractivity contribution < 1.29 is 14.8 Å². The number of nitro groups is 1. The summed E-state index contributed by atoms with van der Waals surface area (Å²) in [5.41, 5.74) is -0.198. The first-order valence-corrected chi connectivity index (χ1v) is 4.45. The average molecular weight is 209 g/mol. The predicted molar refractivity (Wildman–Crippen MR) is 53.9 cm³/mol. The SMILES string of the molecule is CC(C)C(=O)c1cc([N+](=O)[O-])ccc1O. The van der Waals surface area contributed by atoms with Crippen LogP contribution in [0.15, 0.2) is 18.2 Å². The number of benzene rings is 1. The van der Waals surface area contributed by atoms with E-state index in [0.29, 0.717) is 0 Å². The molecule has 0 amide bonds. The second-order valence-corrected chi connectivity index (χ2v) is 3.48. The summed E-state index contributed by atoms with van der Waals surface area (Å²) in [6, 6.07) is 3.41. The maximum absolute atomic E-state index is 11.6. The molecule has 0 unspecified atom stereocenters. The minimum Gasteiger partial charge on any atom is -0.507 e. The minimum atomic E-state index is -0.601. The normalized spacial score (nSPS) is 10.3. The Balaban J connectivity index is 3.22. The van der Waals surface area contributed by atoms with Crippen molar-refractivity contribution >= 4 is 11.5 Å². The molecule has 5 nitrogen and oxygen atoms in total. The highest BCUT2D eigenvalue weighted by atomic mass is 16.6. The van der Waals surface area contributed by atoms with Crippen LogP contribution < -0.4 is 0 Å². The molecule has 1 aromatic carbocycles. The van der Waals surface area contributed by atoms with Crippen molar-refractivity contribution in [3.8, 4) is 5.75 Å². The molecule has 0 fully saturated rings. The van der Waals surface area contributed by atoms with Crippen molar-refractivity contribution in [1.29, 1.82) is 0 Å². The number of ketones is 1. The number of rotatable bonds is 3. The van der Waals surface area contributed by atoms with Gasteiger partial charge < -0.3 is 5.11 Å². The molecule has 1 aromatic rings. The van der Waals surface area contributed by atoms with Crippen LogP contribution in [0.4, 0.5) is 5.69 Å². The van der Waals surface area contributed by atoms with Crippen LogP contribution in [0.5, 0.6) is 5.75 Å². The number of carbonyl (C=O) groups is 1. The first kappa shape index (κ1) is 11.2. The quantitative estimate of drug-likeness (QED) is 0.469. The molecule has 0 bridgehead atoms. The van der Waals surface area contributed by atoms with Gasteiger partial charge in [-0.05, 0) is 6.07 Å². The first-order chi connectivity index (χ1) is 6.93. The van der Waals surface area contributed by atoms with Crippen molar-refractivity contribution in [2.75, 3.05) is 0 Å². The van der Waals surface area contributed by atoms with Crippen LogP contribution >= 0.6 is 0 Å². The molecule has 0 heterocycles. The van der Waals surface area contributed by atoms with Gasteiger partial charge in [-0.25, -0.2) is 0 Å². The number of phenolic OH excluding ortho intramolecular Hbond substituents is 1. The van der Waals surface area contributed by atoms with Crippen LogP contribution in [0.2, 0.25) is 0 Å². The third-order valence-electron chi connectivity index (χ3n) is 1.98. The van der Waals surface area contributed by atoms with E-state index in [2.05, 4.69) is 0 Å². The first-order valence-electron chi connectivity index (χ1n) is 4.45. The van der Waals surface area contributed by atoms with Crippen molar-refractivity contribution in [2.24, 2.45) is 5.92 Å². The van der Waals surface area contributed by atoms with E-state index in [0.717, 1.165) is 18.2 Å². The van der Waals surface area contributed by atoms with E-state index in [9.17, 15) is 20.0 Å². The molecule has 15 heavy (non-hydrogen) atoms. The molecule has 0 spiro atoms. The number of nitro benzene ring substituents is 1. The third-order valence-corrected chi connectivity index (χ3v) is 1.98. The minimum absolute atomic E-state index is 0.000741. The number of carbonyl (C=O) groups excluding carboxylic acids is 1.